The number of nitrogens with one attached hydrogen (secondary N) is 2. The number of anilines is 1. The first kappa shape index (κ1) is 26.3. The number of ketones is 1. The van der Waals surface area contributed by atoms with E-state index in [4.69, 9.17) is 9.47 Å². The summed E-state index contributed by atoms with van der Waals surface area (Å²) in [5.74, 6) is 0.384. The molecule has 1 unspecified atom stereocenters. The van der Waals surface area contributed by atoms with Crippen LogP contribution in [0.1, 0.15) is 50.7 Å². The normalized spacial score (nSPS) is 18.3. The molecule has 0 aromatic heterocycles. The number of dihydropyridines is 1. The molecular weight excluding hydrogens is 488 g/mol. The summed E-state index contributed by atoms with van der Waals surface area (Å²) in [7, 11) is 1.57. The Hall–Kier alpha value is -4.32. The molecule has 0 fully saturated rings. The molecule has 5 rings (SSSR count). The number of rotatable bonds is 7. The molecule has 3 aromatic carbocycles. The minimum absolute atomic E-state index is 0.0479. The zero-order valence-electron chi connectivity index (χ0n) is 22.8. The third-order valence-corrected chi connectivity index (χ3v) is 7.31. The van der Waals surface area contributed by atoms with Crippen LogP contribution in [0.4, 0.5) is 5.69 Å². The number of methoxy groups -OCH3 is 1. The fourth-order valence-electron chi connectivity index (χ4n) is 5.57. The number of ether oxygens (including phenoxy) is 2. The quantitative estimate of drug-likeness (QED) is 0.370. The van der Waals surface area contributed by atoms with Crippen LogP contribution in [0.5, 0.6) is 11.5 Å². The van der Waals surface area contributed by atoms with Crippen LogP contribution < -0.4 is 20.1 Å². The van der Waals surface area contributed by atoms with Gasteiger partial charge in [0.25, 0.3) is 5.91 Å². The van der Waals surface area contributed by atoms with E-state index in [0.29, 0.717) is 41.4 Å². The van der Waals surface area contributed by atoms with Crippen molar-refractivity contribution in [3.63, 3.8) is 0 Å². The van der Waals surface area contributed by atoms with Crippen LogP contribution in [0.15, 0.2) is 101 Å². The highest BCUT2D eigenvalue weighted by Gasteiger charge is 2.43. The molecule has 1 aliphatic carbocycles. The third-order valence-electron chi connectivity index (χ3n) is 7.31. The van der Waals surface area contributed by atoms with Crippen molar-refractivity contribution in [2.45, 2.75) is 46.1 Å². The predicted octanol–water partition coefficient (Wildman–Crippen LogP) is 6.52. The monoisotopic (exact) mass is 522 g/mol. The summed E-state index contributed by atoms with van der Waals surface area (Å²) in [6, 6.07) is 24.9. The number of hydrogen-bond donors (Lipinski definition) is 2. The number of Topliss-reactive ketones (excluding diaryl/α,β-unsaturated/α-hetero) is 1. The first-order valence-electron chi connectivity index (χ1n) is 13.2. The van der Waals surface area contributed by atoms with Gasteiger partial charge in [0.1, 0.15) is 18.1 Å². The van der Waals surface area contributed by atoms with Gasteiger partial charge in [0, 0.05) is 34.5 Å². The second-order valence-corrected chi connectivity index (χ2v) is 10.9. The SMILES string of the molecule is COc1ccccc1NC(=O)C1=C(C)NC2=C(C(=O)CC(C)(C)C2)C1c1ccccc1OCc1ccccc1. The maximum atomic E-state index is 14.0. The van der Waals surface area contributed by atoms with Crippen LogP contribution in [-0.4, -0.2) is 18.8 Å². The van der Waals surface area contributed by atoms with Crippen LogP contribution in [0, 0.1) is 5.41 Å². The van der Waals surface area contributed by atoms with Crippen LogP contribution in [0.2, 0.25) is 0 Å². The largest absolute Gasteiger partial charge is 0.495 e. The summed E-state index contributed by atoms with van der Waals surface area (Å²) < 4.78 is 11.8. The zero-order chi connectivity index (χ0) is 27.6. The van der Waals surface area contributed by atoms with E-state index in [1.807, 2.05) is 73.7 Å². The van der Waals surface area contributed by atoms with Gasteiger partial charge in [-0.3, -0.25) is 9.59 Å². The topological polar surface area (TPSA) is 76.7 Å². The van der Waals surface area contributed by atoms with Crippen molar-refractivity contribution >= 4 is 17.4 Å². The Morgan fingerprint density at radius 3 is 2.36 bits per heavy atom. The fraction of sp³-hybridized carbons (Fsp3) is 0.273. The molecule has 200 valence electrons. The van der Waals surface area contributed by atoms with E-state index in [2.05, 4.69) is 24.5 Å². The summed E-state index contributed by atoms with van der Waals surface area (Å²) in [6.45, 7) is 6.48. The second kappa shape index (κ2) is 10.8. The first-order chi connectivity index (χ1) is 18.8. The van der Waals surface area contributed by atoms with E-state index in [9.17, 15) is 9.59 Å². The molecule has 3 aromatic rings. The van der Waals surface area contributed by atoms with Gasteiger partial charge in [-0.05, 0) is 42.5 Å². The van der Waals surface area contributed by atoms with Gasteiger partial charge in [-0.1, -0.05) is 74.5 Å². The Balaban J connectivity index is 1.59. The number of allylic oxidation sites excluding steroid dienone is 3. The number of amides is 1. The fourth-order valence-corrected chi connectivity index (χ4v) is 5.57. The van der Waals surface area contributed by atoms with Crippen LogP contribution in [-0.2, 0) is 16.2 Å². The smallest absolute Gasteiger partial charge is 0.254 e. The molecule has 39 heavy (non-hydrogen) atoms. The van der Waals surface area contributed by atoms with Gasteiger partial charge in [0.2, 0.25) is 0 Å². The number of hydrogen-bond acceptors (Lipinski definition) is 5. The maximum Gasteiger partial charge on any atom is 0.254 e. The van der Waals surface area contributed by atoms with Crippen molar-refractivity contribution in [3.05, 3.63) is 113 Å². The highest BCUT2D eigenvalue weighted by Crippen LogP contribution is 2.48. The van der Waals surface area contributed by atoms with Crippen molar-refractivity contribution in [3.8, 4) is 11.5 Å². The molecule has 0 saturated heterocycles. The molecular formula is C33H34N2O4. The average molecular weight is 523 g/mol. The maximum absolute atomic E-state index is 14.0. The van der Waals surface area contributed by atoms with E-state index in [-0.39, 0.29) is 17.1 Å². The molecule has 0 saturated carbocycles. The van der Waals surface area contributed by atoms with E-state index in [1.165, 1.54) is 0 Å². The lowest BCUT2D eigenvalue weighted by molar-refractivity contribution is -0.118. The van der Waals surface area contributed by atoms with Gasteiger partial charge in [0.05, 0.1) is 18.7 Å². The average Bonchev–Trinajstić information content (AvgIpc) is 2.91. The molecule has 0 radical (unpaired) electrons. The minimum Gasteiger partial charge on any atom is -0.495 e. The molecule has 2 N–H and O–H groups in total. The number of carbonyl (C=O) groups is 2. The van der Waals surface area contributed by atoms with E-state index < -0.39 is 5.92 Å². The van der Waals surface area contributed by atoms with E-state index in [1.54, 1.807) is 19.2 Å². The minimum atomic E-state index is -0.577. The van der Waals surface area contributed by atoms with Gasteiger partial charge < -0.3 is 20.1 Å². The molecule has 2 aliphatic rings. The lowest BCUT2D eigenvalue weighted by Crippen LogP contribution is -2.39. The third kappa shape index (κ3) is 5.46. The molecule has 0 bridgehead atoms. The van der Waals surface area contributed by atoms with Crippen molar-refractivity contribution in [2.24, 2.45) is 5.41 Å². The molecule has 1 amide bonds. The molecule has 1 atom stereocenters. The molecule has 1 heterocycles. The molecule has 6 heteroatoms. The van der Waals surface area contributed by atoms with Crippen LogP contribution >= 0.6 is 0 Å². The van der Waals surface area contributed by atoms with Gasteiger partial charge in [-0.25, -0.2) is 0 Å². The van der Waals surface area contributed by atoms with Gasteiger partial charge >= 0.3 is 0 Å². The van der Waals surface area contributed by atoms with Crippen LogP contribution in [0.25, 0.3) is 0 Å². The Morgan fingerprint density at radius 1 is 0.949 bits per heavy atom. The molecule has 0 spiro atoms. The van der Waals surface area contributed by atoms with E-state index in [0.717, 1.165) is 28.9 Å². The molecule has 1 aliphatic heterocycles. The Labute approximate surface area is 229 Å². The van der Waals surface area contributed by atoms with Crippen LogP contribution in [0.3, 0.4) is 0 Å². The summed E-state index contributed by atoms with van der Waals surface area (Å²) in [5.41, 5.74) is 4.94. The number of benzene rings is 3. The molecule has 6 nitrogen and oxygen atoms in total. The summed E-state index contributed by atoms with van der Waals surface area (Å²) >= 11 is 0. The first-order valence-corrected chi connectivity index (χ1v) is 13.2. The van der Waals surface area contributed by atoms with Crippen molar-refractivity contribution in [1.82, 2.24) is 5.32 Å². The highest BCUT2D eigenvalue weighted by molar-refractivity contribution is 6.10. The predicted molar refractivity (Wildman–Crippen MR) is 152 cm³/mol. The summed E-state index contributed by atoms with van der Waals surface area (Å²) in [6.07, 6.45) is 1.13. The van der Waals surface area contributed by atoms with E-state index >= 15 is 0 Å². The van der Waals surface area contributed by atoms with Gasteiger partial charge in [-0.2, -0.15) is 0 Å². The Kier molecular flexibility index (Phi) is 7.29. The number of carbonyl (C=O) groups excluding carboxylic acids is 2. The Morgan fingerprint density at radius 2 is 1.62 bits per heavy atom. The lowest BCUT2D eigenvalue weighted by atomic mass is 9.68. The summed E-state index contributed by atoms with van der Waals surface area (Å²) in [4.78, 5) is 27.7. The Bertz CT molecular complexity index is 1470. The standard InChI is InChI=1S/C33H34N2O4/c1-21-29(32(37)35-24-15-9-11-17-28(24)38-4)30(31-25(34-21)18-33(2,3)19-26(31)36)23-14-8-10-16-27(23)39-20-22-12-6-5-7-13-22/h5-17,30,34H,18-20H2,1-4H3,(H,35,37). The lowest BCUT2D eigenvalue weighted by Gasteiger charge is -2.40. The van der Waals surface area contributed by atoms with Crippen molar-refractivity contribution < 1.29 is 19.1 Å². The second-order valence-electron chi connectivity index (χ2n) is 10.9. The van der Waals surface area contributed by atoms with Gasteiger partial charge in [-0.15, -0.1) is 0 Å². The van der Waals surface area contributed by atoms with Gasteiger partial charge in [0.15, 0.2) is 5.78 Å². The highest BCUT2D eigenvalue weighted by atomic mass is 16.5. The zero-order valence-corrected chi connectivity index (χ0v) is 22.8. The van der Waals surface area contributed by atoms with Crippen molar-refractivity contribution in [1.29, 1.82) is 0 Å². The summed E-state index contributed by atoms with van der Waals surface area (Å²) in [5, 5.41) is 6.46. The number of para-hydroxylation sites is 3. The van der Waals surface area contributed by atoms with Crippen molar-refractivity contribution in [2.75, 3.05) is 12.4 Å².